The third-order valence-electron chi connectivity index (χ3n) is 4.93. The van der Waals surface area contributed by atoms with Crippen LogP contribution in [0.2, 0.25) is 0 Å². The normalized spacial score (nSPS) is 11.3. The molecule has 3 heterocycles. The molecule has 0 spiro atoms. The largest absolute Gasteiger partial charge is 0.320 e. The summed E-state index contributed by atoms with van der Waals surface area (Å²) in [5.74, 6) is 0.0480. The van der Waals surface area contributed by atoms with Crippen LogP contribution in [0.25, 0.3) is 16.9 Å². The highest BCUT2D eigenvalue weighted by Crippen LogP contribution is 2.25. The van der Waals surface area contributed by atoms with Gasteiger partial charge in [0.25, 0.3) is 5.91 Å². The summed E-state index contributed by atoms with van der Waals surface area (Å²) in [5.41, 5.74) is 5.63. The number of aryl methyl sites for hydroxylation is 1. The van der Waals surface area contributed by atoms with Crippen LogP contribution >= 0.6 is 0 Å². The van der Waals surface area contributed by atoms with E-state index in [9.17, 15) is 4.79 Å². The van der Waals surface area contributed by atoms with Gasteiger partial charge in [0.05, 0.1) is 11.9 Å². The number of fused-ring (bicyclic) bond motifs is 1. The topological polar surface area (TPSA) is 77.1 Å². The summed E-state index contributed by atoms with van der Waals surface area (Å²) in [6.45, 7) is 6.19. The summed E-state index contributed by atoms with van der Waals surface area (Å²) in [7, 11) is 1.89. The van der Waals surface area contributed by atoms with E-state index in [-0.39, 0.29) is 5.91 Å². The maximum absolute atomic E-state index is 12.8. The van der Waals surface area contributed by atoms with E-state index in [2.05, 4.69) is 34.3 Å². The Bertz CT molecular complexity index is 1170. The summed E-state index contributed by atoms with van der Waals surface area (Å²) in [6, 6.07) is 11.4. The van der Waals surface area contributed by atoms with E-state index < -0.39 is 0 Å². The van der Waals surface area contributed by atoms with Crippen molar-refractivity contribution in [3.8, 4) is 11.3 Å². The SMILES string of the molecule is Cc1c(-c2ccnc3cc(C(=O)Nc4ccccc4C(C)C)nn23)cnn1C. The average Bonchev–Trinajstić information content (AvgIpc) is 3.26. The molecule has 0 aliphatic carbocycles. The van der Waals surface area contributed by atoms with Gasteiger partial charge in [-0.05, 0) is 30.5 Å². The first-order valence-electron chi connectivity index (χ1n) is 9.19. The van der Waals surface area contributed by atoms with Gasteiger partial charge in [-0.2, -0.15) is 10.2 Å². The number of benzene rings is 1. The summed E-state index contributed by atoms with van der Waals surface area (Å²) in [6.07, 6.45) is 3.51. The van der Waals surface area contributed by atoms with Gasteiger partial charge in [-0.1, -0.05) is 32.0 Å². The van der Waals surface area contributed by atoms with Gasteiger partial charge in [-0.25, -0.2) is 9.50 Å². The maximum Gasteiger partial charge on any atom is 0.276 e. The first kappa shape index (κ1) is 17.9. The minimum atomic E-state index is -0.257. The number of aromatic nitrogens is 5. The number of rotatable bonds is 4. The fourth-order valence-corrected chi connectivity index (χ4v) is 3.26. The molecule has 0 radical (unpaired) electrons. The van der Waals surface area contributed by atoms with Crippen molar-refractivity contribution in [2.45, 2.75) is 26.7 Å². The molecule has 1 amide bonds. The second-order valence-electron chi connectivity index (χ2n) is 7.09. The molecule has 0 atom stereocenters. The Morgan fingerprint density at radius 1 is 1.18 bits per heavy atom. The van der Waals surface area contributed by atoms with E-state index in [0.29, 0.717) is 17.3 Å². The van der Waals surface area contributed by atoms with Crippen LogP contribution in [0.4, 0.5) is 5.69 Å². The van der Waals surface area contributed by atoms with Crippen molar-refractivity contribution in [1.82, 2.24) is 24.4 Å². The molecule has 142 valence electrons. The van der Waals surface area contributed by atoms with Crippen LogP contribution < -0.4 is 5.32 Å². The number of hydrogen-bond donors (Lipinski definition) is 1. The highest BCUT2D eigenvalue weighted by molar-refractivity contribution is 6.04. The highest BCUT2D eigenvalue weighted by Gasteiger charge is 2.17. The highest BCUT2D eigenvalue weighted by atomic mass is 16.1. The third-order valence-corrected chi connectivity index (χ3v) is 4.93. The Labute approximate surface area is 163 Å². The van der Waals surface area contributed by atoms with Crippen molar-refractivity contribution in [3.05, 3.63) is 65.7 Å². The number of nitrogens with one attached hydrogen (secondary N) is 1. The molecule has 3 aromatic heterocycles. The monoisotopic (exact) mass is 374 g/mol. The quantitative estimate of drug-likeness (QED) is 0.589. The predicted molar refractivity (Wildman–Crippen MR) is 108 cm³/mol. The lowest BCUT2D eigenvalue weighted by atomic mass is 10.0. The summed E-state index contributed by atoms with van der Waals surface area (Å²) in [4.78, 5) is 17.2. The molecule has 1 aromatic carbocycles. The van der Waals surface area contributed by atoms with Crippen molar-refractivity contribution in [1.29, 1.82) is 0 Å². The molecule has 4 aromatic rings. The molecule has 0 bridgehead atoms. The van der Waals surface area contributed by atoms with Gasteiger partial charge in [0.1, 0.15) is 0 Å². The van der Waals surface area contributed by atoms with Gasteiger partial charge in [0.15, 0.2) is 11.3 Å². The molecule has 0 fully saturated rings. The number of nitrogens with zero attached hydrogens (tertiary/aromatic N) is 5. The number of hydrogen-bond acceptors (Lipinski definition) is 4. The zero-order valence-corrected chi connectivity index (χ0v) is 16.3. The number of carbonyl (C=O) groups is 1. The minimum Gasteiger partial charge on any atom is -0.320 e. The Balaban J connectivity index is 1.72. The lowest BCUT2D eigenvalue weighted by Crippen LogP contribution is -2.14. The number of para-hydroxylation sites is 1. The fraction of sp³-hybridized carbons (Fsp3) is 0.238. The smallest absolute Gasteiger partial charge is 0.276 e. The van der Waals surface area contributed by atoms with Gasteiger partial charge in [-0.3, -0.25) is 9.48 Å². The lowest BCUT2D eigenvalue weighted by molar-refractivity contribution is 0.102. The molecule has 28 heavy (non-hydrogen) atoms. The molecule has 1 N–H and O–H groups in total. The van der Waals surface area contributed by atoms with Crippen LogP contribution in [0.15, 0.2) is 48.8 Å². The standard InChI is InChI=1S/C21H22N6O/c1-13(2)15-7-5-6-8-17(15)24-21(28)18-11-20-22-10-9-19(27(20)25-18)16-12-23-26(4)14(16)3/h5-13H,1-4H3,(H,24,28). The maximum atomic E-state index is 12.8. The van der Waals surface area contributed by atoms with E-state index >= 15 is 0 Å². The van der Waals surface area contributed by atoms with Crippen molar-refractivity contribution in [3.63, 3.8) is 0 Å². The summed E-state index contributed by atoms with van der Waals surface area (Å²) < 4.78 is 3.49. The van der Waals surface area contributed by atoms with Crippen molar-refractivity contribution in [2.24, 2.45) is 7.05 Å². The van der Waals surface area contributed by atoms with Crippen LogP contribution in [0.1, 0.15) is 41.5 Å². The van der Waals surface area contributed by atoms with Crippen molar-refractivity contribution < 1.29 is 4.79 Å². The number of amides is 1. The molecule has 0 aliphatic rings. The van der Waals surface area contributed by atoms with Crippen LogP contribution in [-0.4, -0.2) is 30.3 Å². The predicted octanol–water partition coefficient (Wildman–Crippen LogP) is 3.81. The molecular weight excluding hydrogens is 352 g/mol. The molecule has 7 heteroatoms. The van der Waals surface area contributed by atoms with E-state index in [1.54, 1.807) is 23.0 Å². The van der Waals surface area contributed by atoms with E-state index in [4.69, 9.17) is 0 Å². The van der Waals surface area contributed by atoms with Crippen molar-refractivity contribution >= 4 is 17.2 Å². The first-order chi connectivity index (χ1) is 13.5. The molecule has 0 aliphatic heterocycles. The number of anilines is 1. The Morgan fingerprint density at radius 3 is 2.68 bits per heavy atom. The van der Waals surface area contributed by atoms with E-state index in [1.807, 2.05) is 49.0 Å². The second-order valence-corrected chi connectivity index (χ2v) is 7.09. The van der Waals surface area contributed by atoms with E-state index in [1.165, 1.54) is 0 Å². The zero-order valence-electron chi connectivity index (χ0n) is 16.3. The molecule has 4 rings (SSSR count). The van der Waals surface area contributed by atoms with E-state index in [0.717, 1.165) is 28.2 Å². The minimum absolute atomic E-state index is 0.257. The second kappa shape index (κ2) is 6.92. The Hall–Kier alpha value is -3.48. The molecular formula is C21H22N6O. The van der Waals surface area contributed by atoms with Crippen LogP contribution in [0, 0.1) is 6.92 Å². The number of carbonyl (C=O) groups excluding carboxylic acids is 1. The van der Waals surface area contributed by atoms with Gasteiger partial charge in [0.2, 0.25) is 0 Å². The van der Waals surface area contributed by atoms with Crippen molar-refractivity contribution in [2.75, 3.05) is 5.32 Å². The Morgan fingerprint density at radius 2 is 1.96 bits per heavy atom. The van der Waals surface area contributed by atoms with Crippen LogP contribution in [0.5, 0.6) is 0 Å². The third kappa shape index (κ3) is 3.05. The lowest BCUT2D eigenvalue weighted by Gasteiger charge is -2.12. The van der Waals surface area contributed by atoms with Crippen LogP contribution in [0.3, 0.4) is 0 Å². The van der Waals surface area contributed by atoms with Gasteiger partial charge in [-0.15, -0.1) is 0 Å². The fourth-order valence-electron chi connectivity index (χ4n) is 3.26. The van der Waals surface area contributed by atoms with Gasteiger partial charge in [0, 0.05) is 36.3 Å². The van der Waals surface area contributed by atoms with Gasteiger partial charge < -0.3 is 5.32 Å². The van der Waals surface area contributed by atoms with Crippen LogP contribution in [-0.2, 0) is 7.05 Å². The molecule has 0 saturated carbocycles. The first-order valence-corrected chi connectivity index (χ1v) is 9.19. The Kier molecular flexibility index (Phi) is 4.43. The zero-order chi connectivity index (χ0) is 19.8. The van der Waals surface area contributed by atoms with Gasteiger partial charge >= 0.3 is 0 Å². The molecule has 0 unspecified atom stereocenters. The summed E-state index contributed by atoms with van der Waals surface area (Å²) >= 11 is 0. The molecule has 7 nitrogen and oxygen atoms in total. The summed E-state index contributed by atoms with van der Waals surface area (Å²) in [5, 5.41) is 11.8. The average molecular weight is 374 g/mol. The molecule has 0 saturated heterocycles.